The number of hydrogen-bond donors (Lipinski definition) is 1. The Bertz CT molecular complexity index is 1260. The van der Waals surface area contributed by atoms with Crippen LogP contribution in [0.2, 0.25) is 0 Å². The number of nitrogens with zero attached hydrogens (tertiary/aromatic N) is 1. The lowest BCUT2D eigenvalue weighted by atomic mass is 9.74. The predicted octanol–water partition coefficient (Wildman–Crippen LogP) is 8.91. The molecule has 0 heterocycles. The van der Waals surface area contributed by atoms with Crippen LogP contribution >= 0.6 is 0 Å². The molecule has 2 aliphatic carbocycles. The van der Waals surface area contributed by atoms with Crippen LogP contribution in [0.3, 0.4) is 0 Å². The smallest absolute Gasteiger partial charge is 0.114 e. The summed E-state index contributed by atoms with van der Waals surface area (Å²) in [5.41, 5.74) is 10.1. The molecule has 1 fully saturated rings. The van der Waals surface area contributed by atoms with Gasteiger partial charge in [-0.15, -0.1) is 0 Å². The molecule has 2 nitrogen and oxygen atoms in total. The van der Waals surface area contributed by atoms with E-state index in [1.807, 2.05) is 0 Å². The molecule has 0 radical (unpaired) electrons. The van der Waals surface area contributed by atoms with E-state index < -0.39 is 0 Å². The van der Waals surface area contributed by atoms with E-state index in [1.165, 1.54) is 29.7 Å². The zero-order chi connectivity index (χ0) is 26.4. The molecule has 1 atom stereocenters. The first-order chi connectivity index (χ1) is 17.9. The van der Waals surface area contributed by atoms with E-state index in [0.29, 0.717) is 0 Å². The lowest BCUT2D eigenvalue weighted by molar-refractivity contribution is 0.467. The van der Waals surface area contributed by atoms with E-state index in [1.54, 1.807) is 5.57 Å². The maximum absolute atomic E-state index is 4.59. The zero-order valence-electron chi connectivity index (χ0n) is 23.3. The Kier molecular flexibility index (Phi) is 8.38. The van der Waals surface area contributed by atoms with Gasteiger partial charge in [0.1, 0.15) is 5.82 Å². The van der Waals surface area contributed by atoms with Crippen molar-refractivity contribution < 1.29 is 0 Å². The molecule has 1 saturated carbocycles. The van der Waals surface area contributed by atoms with Gasteiger partial charge in [0.05, 0.1) is 0 Å². The number of allylic oxidation sites excluding steroid dienone is 10. The van der Waals surface area contributed by atoms with Gasteiger partial charge < -0.3 is 10.2 Å². The Labute approximate surface area is 224 Å². The van der Waals surface area contributed by atoms with Crippen LogP contribution in [0.4, 0.5) is 0 Å². The molecule has 192 valence electrons. The van der Waals surface area contributed by atoms with Crippen molar-refractivity contribution in [1.82, 2.24) is 10.2 Å². The normalized spacial score (nSPS) is 19.9. The van der Waals surface area contributed by atoms with Gasteiger partial charge in [-0.05, 0) is 54.4 Å². The van der Waals surface area contributed by atoms with E-state index in [-0.39, 0.29) is 5.41 Å². The summed E-state index contributed by atoms with van der Waals surface area (Å²) in [6.07, 6.45) is 15.1. The predicted molar refractivity (Wildman–Crippen MR) is 161 cm³/mol. The summed E-state index contributed by atoms with van der Waals surface area (Å²) in [7, 11) is 4.24. The first kappa shape index (κ1) is 26.5. The van der Waals surface area contributed by atoms with E-state index in [2.05, 4.69) is 137 Å². The molecule has 1 N–H and O–H groups in total. The van der Waals surface area contributed by atoms with Gasteiger partial charge in [0.2, 0.25) is 0 Å². The third kappa shape index (κ3) is 6.25. The Morgan fingerprint density at radius 1 is 0.973 bits per heavy atom. The third-order valence-electron chi connectivity index (χ3n) is 7.48. The molecule has 0 bridgehead atoms. The molecule has 37 heavy (non-hydrogen) atoms. The minimum Gasteiger partial charge on any atom is -0.364 e. The maximum atomic E-state index is 4.59. The number of hydrogen-bond acceptors (Lipinski definition) is 2. The van der Waals surface area contributed by atoms with E-state index in [9.17, 15) is 0 Å². The minimum absolute atomic E-state index is 0.0343. The molecule has 4 rings (SSSR count). The van der Waals surface area contributed by atoms with Crippen molar-refractivity contribution in [2.75, 3.05) is 14.1 Å². The van der Waals surface area contributed by atoms with E-state index in [4.69, 9.17) is 0 Å². The van der Waals surface area contributed by atoms with Crippen LogP contribution in [0.25, 0.3) is 11.1 Å². The van der Waals surface area contributed by atoms with Crippen molar-refractivity contribution in [2.24, 2.45) is 5.41 Å². The monoisotopic (exact) mass is 490 g/mol. The minimum atomic E-state index is -0.0343. The van der Waals surface area contributed by atoms with Crippen LogP contribution in [-0.2, 0) is 0 Å². The van der Waals surface area contributed by atoms with Gasteiger partial charge in [-0.3, -0.25) is 0 Å². The molecule has 0 aromatic heterocycles. The number of rotatable bonds is 10. The maximum Gasteiger partial charge on any atom is 0.114 e. The second-order valence-corrected chi connectivity index (χ2v) is 10.6. The molecule has 0 amide bonds. The summed E-state index contributed by atoms with van der Waals surface area (Å²) in [5, 5.41) is 3.96. The molecule has 0 aliphatic heterocycles. The fourth-order valence-electron chi connectivity index (χ4n) is 4.98. The van der Waals surface area contributed by atoms with Crippen LogP contribution in [0, 0.1) is 5.41 Å². The first-order valence-corrected chi connectivity index (χ1v) is 13.7. The average molecular weight is 491 g/mol. The highest BCUT2D eigenvalue weighted by Gasteiger charge is 2.30. The van der Waals surface area contributed by atoms with E-state index in [0.717, 1.165) is 47.4 Å². The van der Waals surface area contributed by atoms with Crippen molar-refractivity contribution in [2.45, 2.75) is 52.9 Å². The molecule has 2 heteroatoms. The van der Waals surface area contributed by atoms with Crippen molar-refractivity contribution in [3.63, 3.8) is 0 Å². The standard InChI is InChI=1S/C35H42N2/c1-7-27-21-23-35(4,24-22-27)31(25-28-19-20-28)32(8-2)36-34(37(5)6)33(30-17-13-10-14-18-30)26(3)29-15-11-9-12-16-29/h9-18,21-23,25,36H,3,7-8,19-20,24H2,1-2,4-6H3/b32-31+,34-33+. The van der Waals surface area contributed by atoms with Crippen LogP contribution in [0.5, 0.6) is 0 Å². The summed E-state index contributed by atoms with van der Waals surface area (Å²) in [6.45, 7) is 11.5. The average Bonchev–Trinajstić information content (AvgIpc) is 3.75. The fourth-order valence-corrected chi connectivity index (χ4v) is 4.98. The molecule has 2 aliphatic rings. The third-order valence-corrected chi connectivity index (χ3v) is 7.48. The highest BCUT2D eigenvalue weighted by Crippen LogP contribution is 2.43. The van der Waals surface area contributed by atoms with Crippen LogP contribution in [0.1, 0.15) is 64.0 Å². The molecule has 0 spiro atoms. The highest BCUT2D eigenvalue weighted by molar-refractivity contribution is 6.05. The van der Waals surface area contributed by atoms with Crippen molar-refractivity contribution >= 4 is 11.1 Å². The molecule has 0 saturated heterocycles. The van der Waals surface area contributed by atoms with Gasteiger partial charge in [-0.25, -0.2) is 0 Å². The number of nitrogens with one attached hydrogen (secondary N) is 1. The van der Waals surface area contributed by atoms with Crippen molar-refractivity contribution in [1.29, 1.82) is 0 Å². The van der Waals surface area contributed by atoms with Gasteiger partial charge in [0.15, 0.2) is 0 Å². The van der Waals surface area contributed by atoms with Gasteiger partial charge in [-0.2, -0.15) is 0 Å². The van der Waals surface area contributed by atoms with Crippen LogP contribution < -0.4 is 5.32 Å². The Morgan fingerprint density at radius 3 is 2.08 bits per heavy atom. The quantitative estimate of drug-likeness (QED) is 0.334. The molecule has 1 unspecified atom stereocenters. The molecular formula is C35H42N2. The summed E-state index contributed by atoms with van der Waals surface area (Å²) in [5.74, 6) is 1.07. The Morgan fingerprint density at radius 2 is 1.59 bits per heavy atom. The largest absolute Gasteiger partial charge is 0.364 e. The van der Waals surface area contributed by atoms with E-state index >= 15 is 0 Å². The summed E-state index contributed by atoms with van der Waals surface area (Å²) in [4.78, 5) is 2.20. The second kappa shape index (κ2) is 11.7. The Hall–Kier alpha value is -3.52. The summed E-state index contributed by atoms with van der Waals surface area (Å²) >= 11 is 0. The van der Waals surface area contributed by atoms with Gasteiger partial charge in [0, 0.05) is 30.8 Å². The second-order valence-electron chi connectivity index (χ2n) is 10.6. The number of benzene rings is 2. The zero-order valence-corrected chi connectivity index (χ0v) is 23.3. The molecule has 2 aromatic rings. The lowest BCUT2D eigenvalue weighted by Gasteiger charge is -2.34. The summed E-state index contributed by atoms with van der Waals surface area (Å²) in [6, 6.07) is 21.1. The summed E-state index contributed by atoms with van der Waals surface area (Å²) < 4.78 is 0. The van der Waals surface area contributed by atoms with Gasteiger partial charge in [-0.1, -0.05) is 123 Å². The molecular weight excluding hydrogens is 448 g/mol. The lowest BCUT2D eigenvalue weighted by Crippen LogP contribution is -2.30. The van der Waals surface area contributed by atoms with Gasteiger partial charge >= 0.3 is 0 Å². The molecule has 2 aromatic carbocycles. The fraction of sp³-hybridized carbons (Fsp3) is 0.314. The van der Waals surface area contributed by atoms with Crippen LogP contribution in [-0.4, -0.2) is 19.0 Å². The SMILES string of the molecule is C=C(/C(=C(/N/C(CC)=C(\C=C1CC1)C1(C)C=CC(CC)=CC1)N(C)C)c1ccccc1)c1ccccc1. The highest BCUT2D eigenvalue weighted by atomic mass is 15.2. The topological polar surface area (TPSA) is 15.3 Å². The van der Waals surface area contributed by atoms with Crippen molar-refractivity contribution in [3.8, 4) is 0 Å². The van der Waals surface area contributed by atoms with Crippen molar-refractivity contribution in [3.05, 3.63) is 131 Å². The Balaban J connectivity index is 1.88. The van der Waals surface area contributed by atoms with Gasteiger partial charge in [0.25, 0.3) is 0 Å². The van der Waals surface area contributed by atoms with Crippen LogP contribution in [0.15, 0.2) is 120 Å². The first-order valence-electron chi connectivity index (χ1n) is 13.7.